The maximum absolute atomic E-state index is 13.3. The average Bonchev–Trinajstić information content (AvgIpc) is 3.03. The van der Waals surface area contributed by atoms with Gasteiger partial charge < -0.3 is 10.4 Å². The first-order valence-electron chi connectivity index (χ1n) is 6.40. The lowest BCUT2D eigenvalue weighted by atomic mass is 10.2. The first-order valence-corrected chi connectivity index (χ1v) is 6.40. The molecule has 0 atom stereocenters. The van der Waals surface area contributed by atoms with Crippen molar-refractivity contribution in [1.82, 2.24) is 14.8 Å². The summed E-state index contributed by atoms with van der Waals surface area (Å²) in [6.07, 6.45) is 3.05. The van der Waals surface area contributed by atoms with E-state index in [-0.39, 0.29) is 5.75 Å². The smallest absolute Gasteiger partial charge is 0.165 e. The van der Waals surface area contributed by atoms with Crippen LogP contribution in [0.3, 0.4) is 0 Å². The Morgan fingerprint density at radius 2 is 2.00 bits per heavy atom. The molecule has 0 unspecified atom stereocenters. The van der Waals surface area contributed by atoms with Gasteiger partial charge in [-0.05, 0) is 18.2 Å². The van der Waals surface area contributed by atoms with E-state index in [1.165, 1.54) is 12.4 Å². The van der Waals surface area contributed by atoms with Gasteiger partial charge in [-0.1, -0.05) is 24.3 Å². The monoisotopic (exact) mass is 284 g/mol. The molecule has 0 saturated carbocycles. The molecule has 1 heterocycles. The van der Waals surface area contributed by atoms with E-state index in [2.05, 4.69) is 15.4 Å². The standard InChI is InChI=1S/C15H13FN4O/c16-12-5-3-4-11(15(12)21)8-18-13-6-1-2-7-14(13)20-10-17-9-19-20/h1-7,9-10,18,21H,8H2. The van der Waals surface area contributed by atoms with Gasteiger partial charge in [-0.15, -0.1) is 0 Å². The summed E-state index contributed by atoms with van der Waals surface area (Å²) in [5.74, 6) is -0.956. The van der Waals surface area contributed by atoms with Gasteiger partial charge in [0.05, 0.1) is 11.4 Å². The molecule has 0 aliphatic rings. The molecule has 2 aromatic carbocycles. The molecule has 3 rings (SSSR count). The normalized spacial score (nSPS) is 10.5. The van der Waals surface area contributed by atoms with Crippen molar-refractivity contribution < 1.29 is 9.50 Å². The number of phenolic OH excluding ortho intramolecular Hbond substituents is 1. The van der Waals surface area contributed by atoms with Crippen LogP contribution in [0.15, 0.2) is 55.1 Å². The fraction of sp³-hybridized carbons (Fsp3) is 0.0667. The van der Waals surface area contributed by atoms with Crippen LogP contribution in [0, 0.1) is 5.82 Å². The van der Waals surface area contributed by atoms with Crippen molar-refractivity contribution in [3.05, 3.63) is 66.5 Å². The lowest BCUT2D eigenvalue weighted by Gasteiger charge is -2.12. The van der Waals surface area contributed by atoms with Crippen LogP contribution in [-0.4, -0.2) is 19.9 Å². The van der Waals surface area contributed by atoms with Gasteiger partial charge in [0.15, 0.2) is 11.6 Å². The zero-order valence-electron chi connectivity index (χ0n) is 11.1. The third kappa shape index (κ3) is 2.69. The number of nitrogens with zero attached hydrogens (tertiary/aromatic N) is 3. The first kappa shape index (κ1) is 13.1. The largest absolute Gasteiger partial charge is 0.505 e. The van der Waals surface area contributed by atoms with Crippen LogP contribution in [-0.2, 0) is 6.54 Å². The highest BCUT2D eigenvalue weighted by Crippen LogP contribution is 2.24. The minimum Gasteiger partial charge on any atom is -0.505 e. The molecular formula is C15H13FN4O. The average molecular weight is 284 g/mol. The van der Waals surface area contributed by atoms with E-state index >= 15 is 0 Å². The molecule has 0 amide bonds. The number of anilines is 1. The van der Waals surface area contributed by atoms with Crippen molar-refractivity contribution in [2.75, 3.05) is 5.32 Å². The highest BCUT2D eigenvalue weighted by molar-refractivity contribution is 5.60. The second-order valence-corrected chi connectivity index (χ2v) is 4.46. The van der Waals surface area contributed by atoms with Crippen LogP contribution in [0.2, 0.25) is 0 Å². The van der Waals surface area contributed by atoms with Crippen molar-refractivity contribution >= 4 is 5.69 Å². The first-order chi connectivity index (χ1) is 10.3. The molecule has 6 heteroatoms. The molecule has 0 bridgehead atoms. The minimum absolute atomic E-state index is 0.301. The summed E-state index contributed by atoms with van der Waals surface area (Å²) in [6, 6.07) is 12.0. The fourth-order valence-corrected chi connectivity index (χ4v) is 2.05. The van der Waals surface area contributed by atoms with Gasteiger partial charge in [-0.25, -0.2) is 14.1 Å². The van der Waals surface area contributed by atoms with Crippen molar-refractivity contribution in [2.45, 2.75) is 6.54 Å². The van der Waals surface area contributed by atoms with Crippen molar-refractivity contribution in [3.63, 3.8) is 0 Å². The lowest BCUT2D eigenvalue weighted by Crippen LogP contribution is -2.05. The SMILES string of the molecule is Oc1c(F)cccc1CNc1ccccc1-n1cncn1. The third-order valence-electron chi connectivity index (χ3n) is 3.11. The summed E-state index contributed by atoms with van der Waals surface area (Å²) in [7, 11) is 0. The Morgan fingerprint density at radius 3 is 2.81 bits per heavy atom. The highest BCUT2D eigenvalue weighted by atomic mass is 19.1. The van der Waals surface area contributed by atoms with Crippen LogP contribution >= 0.6 is 0 Å². The predicted molar refractivity (Wildman–Crippen MR) is 76.8 cm³/mol. The van der Waals surface area contributed by atoms with Gasteiger partial charge >= 0.3 is 0 Å². The molecule has 3 aromatic rings. The van der Waals surface area contributed by atoms with Crippen LogP contribution in [0.4, 0.5) is 10.1 Å². The van der Waals surface area contributed by atoms with Gasteiger partial charge in [-0.2, -0.15) is 5.10 Å². The Bertz CT molecular complexity index is 743. The molecule has 1 aromatic heterocycles. The number of phenols is 1. The molecule has 21 heavy (non-hydrogen) atoms. The van der Waals surface area contributed by atoms with Gasteiger partial charge in [0.25, 0.3) is 0 Å². The van der Waals surface area contributed by atoms with Crippen LogP contribution < -0.4 is 5.32 Å². The summed E-state index contributed by atoms with van der Waals surface area (Å²) in [4.78, 5) is 3.92. The van der Waals surface area contributed by atoms with Crippen LogP contribution in [0.1, 0.15) is 5.56 Å². The summed E-state index contributed by atoms with van der Waals surface area (Å²) >= 11 is 0. The minimum atomic E-state index is -0.626. The number of nitrogens with one attached hydrogen (secondary N) is 1. The van der Waals surface area contributed by atoms with Gasteiger partial charge in [0.1, 0.15) is 12.7 Å². The van der Waals surface area contributed by atoms with Gasteiger partial charge in [0.2, 0.25) is 0 Å². The van der Waals surface area contributed by atoms with E-state index in [0.29, 0.717) is 12.1 Å². The number of aromatic nitrogens is 3. The number of aromatic hydroxyl groups is 1. The van der Waals surface area contributed by atoms with E-state index in [9.17, 15) is 9.50 Å². The van der Waals surface area contributed by atoms with Gasteiger partial charge in [0, 0.05) is 12.1 Å². The fourth-order valence-electron chi connectivity index (χ4n) is 2.05. The molecule has 106 valence electrons. The zero-order chi connectivity index (χ0) is 14.7. The van der Waals surface area contributed by atoms with Crippen molar-refractivity contribution in [2.24, 2.45) is 0 Å². The quantitative estimate of drug-likeness (QED) is 0.773. The zero-order valence-corrected chi connectivity index (χ0v) is 11.1. The maximum Gasteiger partial charge on any atom is 0.165 e. The molecular weight excluding hydrogens is 271 g/mol. The number of benzene rings is 2. The summed E-state index contributed by atoms with van der Waals surface area (Å²) < 4.78 is 14.9. The molecule has 0 radical (unpaired) electrons. The molecule has 2 N–H and O–H groups in total. The summed E-state index contributed by atoms with van der Waals surface area (Å²) in [6.45, 7) is 0.301. The molecule has 0 fully saturated rings. The van der Waals surface area contributed by atoms with Crippen molar-refractivity contribution in [1.29, 1.82) is 0 Å². The number of halogens is 1. The Kier molecular flexibility index (Phi) is 3.51. The third-order valence-corrected chi connectivity index (χ3v) is 3.11. The lowest BCUT2D eigenvalue weighted by molar-refractivity contribution is 0.427. The number of hydrogen-bond acceptors (Lipinski definition) is 4. The van der Waals surface area contributed by atoms with Crippen LogP contribution in [0.5, 0.6) is 5.75 Å². The van der Waals surface area contributed by atoms with E-state index in [1.54, 1.807) is 23.1 Å². The number of rotatable bonds is 4. The summed E-state index contributed by atoms with van der Waals surface area (Å²) in [5.41, 5.74) is 2.13. The summed E-state index contributed by atoms with van der Waals surface area (Å²) in [5, 5.41) is 16.9. The number of hydrogen-bond donors (Lipinski definition) is 2. The molecule has 5 nitrogen and oxygen atoms in total. The topological polar surface area (TPSA) is 63.0 Å². The molecule has 0 spiro atoms. The van der Waals surface area contributed by atoms with E-state index in [1.807, 2.05) is 24.3 Å². The second kappa shape index (κ2) is 5.62. The van der Waals surface area contributed by atoms with E-state index in [4.69, 9.17) is 0 Å². The van der Waals surface area contributed by atoms with Gasteiger partial charge in [-0.3, -0.25) is 0 Å². The Labute approximate surface area is 120 Å². The van der Waals surface area contributed by atoms with E-state index < -0.39 is 5.82 Å². The Hall–Kier alpha value is -2.89. The second-order valence-electron chi connectivity index (χ2n) is 4.46. The Balaban J connectivity index is 1.85. The molecule has 0 aliphatic carbocycles. The Morgan fingerprint density at radius 1 is 1.14 bits per heavy atom. The van der Waals surface area contributed by atoms with E-state index in [0.717, 1.165) is 11.4 Å². The maximum atomic E-state index is 13.3. The number of para-hydroxylation sites is 3. The van der Waals surface area contributed by atoms with Crippen LogP contribution in [0.25, 0.3) is 5.69 Å². The van der Waals surface area contributed by atoms with Crippen molar-refractivity contribution in [3.8, 4) is 11.4 Å². The highest BCUT2D eigenvalue weighted by Gasteiger charge is 2.08. The molecule has 0 aliphatic heterocycles. The molecule has 0 saturated heterocycles. The predicted octanol–water partition coefficient (Wildman–Crippen LogP) is 2.72.